The van der Waals surface area contributed by atoms with E-state index in [-0.39, 0.29) is 0 Å². The summed E-state index contributed by atoms with van der Waals surface area (Å²) in [6.07, 6.45) is 1.19. The van der Waals surface area contributed by atoms with Crippen LogP contribution in [0.2, 0.25) is 0 Å². The van der Waals surface area contributed by atoms with Gasteiger partial charge in [-0.25, -0.2) is 0 Å². The minimum Gasteiger partial charge on any atom is -0.327 e. The number of hydrogen-bond donors (Lipinski definition) is 1. The summed E-state index contributed by atoms with van der Waals surface area (Å²) in [5.74, 6) is 2.01. The van der Waals surface area contributed by atoms with E-state index in [1.54, 1.807) is 0 Å². The first-order valence-corrected chi connectivity index (χ1v) is 4.76. The molecule has 1 nitrogen and oxygen atoms in total. The fraction of sp³-hybridized carbons (Fsp3) is 1.00. The van der Waals surface area contributed by atoms with Crippen molar-refractivity contribution >= 4 is 0 Å². The molecular weight excluding hydrogens is 134 g/mol. The van der Waals surface area contributed by atoms with Crippen LogP contribution in [-0.4, -0.2) is 6.04 Å². The predicted octanol–water partition coefficient (Wildman–Crippen LogP) is 2.65. The second-order valence-corrected chi connectivity index (χ2v) is 4.07. The largest absolute Gasteiger partial charge is 0.327 e. The molecule has 0 fully saturated rings. The van der Waals surface area contributed by atoms with E-state index in [1.807, 2.05) is 0 Å². The Morgan fingerprint density at radius 3 is 1.82 bits per heavy atom. The van der Waals surface area contributed by atoms with E-state index in [9.17, 15) is 0 Å². The van der Waals surface area contributed by atoms with Gasteiger partial charge in [0.05, 0.1) is 0 Å². The van der Waals surface area contributed by atoms with Gasteiger partial charge in [-0.3, -0.25) is 0 Å². The molecule has 0 aromatic rings. The maximum absolute atomic E-state index is 6.07. The molecule has 0 aliphatic heterocycles. The molecular formula is C10H23N. The topological polar surface area (TPSA) is 26.0 Å². The molecule has 0 radical (unpaired) electrons. The van der Waals surface area contributed by atoms with E-state index in [4.69, 9.17) is 5.73 Å². The highest BCUT2D eigenvalue weighted by Gasteiger charge is 2.20. The molecule has 68 valence electrons. The SMILES string of the molecule is CC[C@@H](C)C(N)C(C)C(C)C. The van der Waals surface area contributed by atoms with Gasteiger partial charge in [-0.15, -0.1) is 0 Å². The van der Waals surface area contributed by atoms with Gasteiger partial charge in [0.25, 0.3) is 0 Å². The molecule has 0 saturated heterocycles. The first kappa shape index (κ1) is 11.0. The van der Waals surface area contributed by atoms with Crippen molar-refractivity contribution in [3.8, 4) is 0 Å². The van der Waals surface area contributed by atoms with Crippen molar-refractivity contribution in [2.75, 3.05) is 0 Å². The molecule has 0 amide bonds. The molecule has 11 heavy (non-hydrogen) atoms. The predicted molar refractivity (Wildman–Crippen MR) is 51.4 cm³/mol. The van der Waals surface area contributed by atoms with Crippen LogP contribution < -0.4 is 5.73 Å². The third kappa shape index (κ3) is 3.24. The zero-order chi connectivity index (χ0) is 9.02. The van der Waals surface area contributed by atoms with Crippen LogP contribution in [0, 0.1) is 17.8 Å². The Bertz CT molecular complexity index is 99.0. The van der Waals surface area contributed by atoms with E-state index < -0.39 is 0 Å². The van der Waals surface area contributed by atoms with Crippen LogP contribution in [0.5, 0.6) is 0 Å². The van der Waals surface area contributed by atoms with Gasteiger partial charge < -0.3 is 5.73 Å². The third-order valence-electron chi connectivity index (χ3n) is 2.96. The van der Waals surface area contributed by atoms with E-state index in [2.05, 4.69) is 34.6 Å². The highest BCUT2D eigenvalue weighted by atomic mass is 14.7. The van der Waals surface area contributed by atoms with E-state index >= 15 is 0 Å². The van der Waals surface area contributed by atoms with Crippen molar-refractivity contribution in [1.29, 1.82) is 0 Å². The highest BCUT2D eigenvalue weighted by molar-refractivity contribution is 4.75. The molecule has 2 N–H and O–H groups in total. The van der Waals surface area contributed by atoms with Gasteiger partial charge in [0.15, 0.2) is 0 Å². The fourth-order valence-corrected chi connectivity index (χ4v) is 1.23. The van der Waals surface area contributed by atoms with Crippen molar-refractivity contribution in [3.63, 3.8) is 0 Å². The standard InChI is InChI=1S/C10H23N/c1-6-8(4)10(11)9(5)7(2)3/h7-10H,6,11H2,1-5H3/t8-,9?,10?/m1/s1. The molecule has 1 heteroatoms. The van der Waals surface area contributed by atoms with Crippen molar-refractivity contribution in [3.05, 3.63) is 0 Å². The Labute approximate surface area is 71.4 Å². The first-order chi connectivity index (χ1) is 5.00. The van der Waals surface area contributed by atoms with Gasteiger partial charge in [0.2, 0.25) is 0 Å². The van der Waals surface area contributed by atoms with Crippen molar-refractivity contribution in [2.24, 2.45) is 23.5 Å². The first-order valence-electron chi connectivity index (χ1n) is 4.76. The van der Waals surface area contributed by atoms with Crippen molar-refractivity contribution in [1.82, 2.24) is 0 Å². The third-order valence-corrected chi connectivity index (χ3v) is 2.96. The van der Waals surface area contributed by atoms with Crippen LogP contribution in [0.3, 0.4) is 0 Å². The zero-order valence-electron chi connectivity index (χ0n) is 8.59. The van der Waals surface area contributed by atoms with E-state index in [1.165, 1.54) is 6.42 Å². The van der Waals surface area contributed by atoms with E-state index in [0.29, 0.717) is 23.8 Å². The lowest BCUT2D eigenvalue weighted by molar-refractivity contribution is 0.274. The van der Waals surface area contributed by atoms with Crippen LogP contribution in [0.25, 0.3) is 0 Å². The molecule has 0 aromatic heterocycles. The number of nitrogens with two attached hydrogens (primary N) is 1. The van der Waals surface area contributed by atoms with Gasteiger partial charge in [-0.05, 0) is 17.8 Å². The van der Waals surface area contributed by atoms with Gasteiger partial charge in [-0.1, -0.05) is 41.0 Å². The van der Waals surface area contributed by atoms with Gasteiger partial charge in [0, 0.05) is 6.04 Å². The number of hydrogen-bond acceptors (Lipinski definition) is 1. The smallest absolute Gasteiger partial charge is 0.00927 e. The molecule has 0 aliphatic rings. The van der Waals surface area contributed by atoms with Gasteiger partial charge in [-0.2, -0.15) is 0 Å². The lowest BCUT2D eigenvalue weighted by Crippen LogP contribution is -2.37. The molecule has 0 saturated carbocycles. The van der Waals surface area contributed by atoms with Crippen molar-refractivity contribution < 1.29 is 0 Å². The summed E-state index contributed by atoms with van der Waals surface area (Å²) in [5, 5.41) is 0. The van der Waals surface area contributed by atoms with E-state index in [0.717, 1.165) is 0 Å². The Morgan fingerprint density at radius 1 is 1.09 bits per heavy atom. The highest BCUT2D eigenvalue weighted by Crippen LogP contribution is 2.20. The Hall–Kier alpha value is -0.0400. The van der Waals surface area contributed by atoms with Crippen molar-refractivity contribution in [2.45, 2.75) is 47.1 Å². The van der Waals surface area contributed by atoms with Gasteiger partial charge >= 0.3 is 0 Å². The quantitative estimate of drug-likeness (QED) is 0.667. The fourth-order valence-electron chi connectivity index (χ4n) is 1.23. The van der Waals surface area contributed by atoms with Crippen LogP contribution in [-0.2, 0) is 0 Å². The summed E-state index contributed by atoms with van der Waals surface area (Å²) in [5.41, 5.74) is 6.07. The molecule has 2 unspecified atom stereocenters. The summed E-state index contributed by atoms with van der Waals surface area (Å²) < 4.78 is 0. The van der Waals surface area contributed by atoms with Crippen LogP contribution in [0.4, 0.5) is 0 Å². The normalized spacial score (nSPS) is 19.9. The minimum absolute atomic E-state index is 0.375. The number of rotatable bonds is 4. The molecule has 3 atom stereocenters. The summed E-state index contributed by atoms with van der Waals surface area (Å²) in [4.78, 5) is 0. The summed E-state index contributed by atoms with van der Waals surface area (Å²) >= 11 is 0. The summed E-state index contributed by atoms with van der Waals surface area (Å²) in [7, 11) is 0. The molecule has 0 spiro atoms. The maximum atomic E-state index is 6.07. The monoisotopic (exact) mass is 157 g/mol. The average Bonchev–Trinajstić information content (AvgIpc) is 2.00. The van der Waals surface area contributed by atoms with Crippen LogP contribution >= 0.6 is 0 Å². The van der Waals surface area contributed by atoms with Gasteiger partial charge in [0.1, 0.15) is 0 Å². The average molecular weight is 157 g/mol. The Balaban J connectivity index is 3.90. The Kier molecular flexibility index (Phi) is 4.74. The van der Waals surface area contributed by atoms with Crippen LogP contribution in [0.15, 0.2) is 0 Å². The lowest BCUT2D eigenvalue weighted by atomic mass is 9.83. The molecule has 0 aromatic carbocycles. The second-order valence-electron chi connectivity index (χ2n) is 4.07. The minimum atomic E-state index is 0.375. The molecule has 0 rings (SSSR count). The molecule has 0 aliphatic carbocycles. The summed E-state index contributed by atoms with van der Waals surface area (Å²) in [6, 6.07) is 0.375. The second kappa shape index (κ2) is 4.76. The maximum Gasteiger partial charge on any atom is 0.00927 e. The Morgan fingerprint density at radius 2 is 1.55 bits per heavy atom. The lowest BCUT2D eigenvalue weighted by Gasteiger charge is -2.27. The van der Waals surface area contributed by atoms with Crippen LogP contribution in [0.1, 0.15) is 41.0 Å². The molecule has 0 bridgehead atoms. The zero-order valence-corrected chi connectivity index (χ0v) is 8.59. The molecule has 0 heterocycles. The summed E-state index contributed by atoms with van der Waals surface area (Å²) in [6.45, 7) is 11.2.